The van der Waals surface area contributed by atoms with Crippen molar-refractivity contribution in [2.24, 2.45) is 5.92 Å². The van der Waals surface area contributed by atoms with Crippen molar-refractivity contribution in [2.75, 3.05) is 5.32 Å². The molecule has 15 heavy (non-hydrogen) atoms. The summed E-state index contributed by atoms with van der Waals surface area (Å²) in [5, 5.41) is 11.4. The lowest BCUT2D eigenvalue weighted by Crippen LogP contribution is -2.26. The summed E-state index contributed by atoms with van der Waals surface area (Å²) >= 11 is 6.53. The highest BCUT2D eigenvalue weighted by Gasteiger charge is 2.21. The van der Waals surface area contributed by atoms with Crippen LogP contribution in [0, 0.1) is 9.87 Å². The van der Waals surface area contributed by atoms with E-state index in [0.717, 1.165) is 15.0 Å². The Hall–Kier alpha value is -0.420. The third kappa shape index (κ3) is 3.01. The van der Waals surface area contributed by atoms with Gasteiger partial charge in [0.05, 0.1) is 0 Å². The molecule has 0 aliphatic heterocycles. The van der Waals surface area contributed by atoms with E-state index in [1.54, 1.807) is 0 Å². The number of aromatic nitrogens is 2. The molecule has 1 aromatic heterocycles. The Kier molecular flexibility index (Phi) is 3.75. The number of nitrogens with zero attached hydrogens (tertiary/aromatic N) is 1. The number of hydrogen-bond acceptors (Lipinski definition) is 4. The molecule has 1 aromatic rings. The highest BCUT2D eigenvalue weighted by molar-refractivity contribution is 7.73. The van der Waals surface area contributed by atoms with Crippen LogP contribution >= 0.6 is 23.6 Å². The van der Waals surface area contributed by atoms with Crippen molar-refractivity contribution in [3.8, 4) is 0 Å². The Balaban J connectivity index is 1.91. The molecule has 0 amide bonds. The molecule has 2 rings (SSSR count). The molecule has 1 aliphatic rings. The number of rotatable bonds is 3. The predicted octanol–water partition coefficient (Wildman–Crippen LogP) is 3.58. The maximum absolute atomic E-state index is 5.01. The summed E-state index contributed by atoms with van der Waals surface area (Å²) in [5.41, 5.74) is 0. The summed E-state index contributed by atoms with van der Waals surface area (Å²) in [5.74, 6) is 0.892. The van der Waals surface area contributed by atoms with Gasteiger partial charge in [0.15, 0.2) is 3.95 Å². The van der Waals surface area contributed by atoms with Crippen molar-refractivity contribution in [2.45, 2.75) is 45.1 Å². The van der Waals surface area contributed by atoms with Crippen LogP contribution in [0.25, 0.3) is 0 Å². The minimum Gasteiger partial charge on any atom is -0.357 e. The second-order valence-corrected chi connectivity index (χ2v) is 5.87. The van der Waals surface area contributed by atoms with Crippen molar-refractivity contribution < 1.29 is 0 Å². The summed E-state index contributed by atoms with van der Waals surface area (Å²) < 4.78 is 0.750. The van der Waals surface area contributed by atoms with Gasteiger partial charge in [0, 0.05) is 6.04 Å². The minimum absolute atomic E-state index is 0.595. The molecular formula is C10H17N3S2. The van der Waals surface area contributed by atoms with Crippen molar-refractivity contribution in [1.29, 1.82) is 0 Å². The summed E-state index contributed by atoms with van der Waals surface area (Å²) in [7, 11) is 0. The third-order valence-corrected chi connectivity index (χ3v) is 4.15. The van der Waals surface area contributed by atoms with Crippen LogP contribution in [0.4, 0.5) is 5.13 Å². The van der Waals surface area contributed by atoms with E-state index < -0.39 is 0 Å². The molecule has 0 bridgehead atoms. The van der Waals surface area contributed by atoms with Crippen molar-refractivity contribution in [1.82, 2.24) is 10.2 Å². The van der Waals surface area contributed by atoms with Crippen LogP contribution in [0.1, 0.15) is 39.0 Å². The number of aromatic amines is 1. The van der Waals surface area contributed by atoms with Crippen molar-refractivity contribution in [3.63, 3.8) is 0 Å². The monoisotopic (exact) mass is 243 g/mol. The fourth-order valence-corrected chi connectivity index (χ4v) is 3.13. The van der Waals surface area contributed by atoms with Gasteiger partial charge in [0.1, 0.15) is 0 Å². The van der Waals surface area contributed by atoms with Gasteiger partial charge < -0.3 is 5.32 Å². The average molecular weight is 243 g/mol. The molecule has 0 saturated heterocycles. The topological polar surface area (TPSA) is 40.7 Å². The molecule has 0 radical (unpaired) electrons. The second-order valence-electron chi connectivity index (χ2n) is 4.20. The zero-order valence-corrected chi connectivity index (χ0v) is 10.6. The van der Waals surface area contributed by atoms with E-state index >= 15 is 0 Å². The normalized spacial score (nSPS) is 26.5. The van der Waals surface area contributed by atoms with E-state index in [2.05, 4.69) is 22.4 Å². The third-order valence-electron chi connectivity index (χ3n) is 3.13. The van der Waals surface area contributed by atoms with Crippen molar-refractivity contribution in [3.05, 3.63) is 3.95 Å². The number of nitrogens with one attached hydrogen (secondary N) is 2. The molecule has 3 nitrogen and oxygen atoms in total. The van der Waals surface area contributed by atoms with Gasteiger partial charge in [-0.25, -0.2) is 0 Å². The fraction of sp³-hybridized carbons (Fsp3) is 0.800. The van der Waals surface area contributed by atoms with Crippen LogP contribution in [0.3, 0.4) is 0 Å². The van der Waals surface area contributed by atoms with Gasteiger partial charge in [-0.2, -0.15) is 0 Å². The highest BCUT2D eigenvalue weighted by Crippen LogP contribution is 2.28. The number of H-pyrrole nitrogens is 1. The maximum atomic E-state index is 5.01. The zero-order chi connectivity index (χ0) is 10.7. The van der Waals surface area contributed by atoms with Gasteiger partial charge >= 0.3 is 0 Å². The highest BCUT2D eigenvalue weighted by atomic mass is 32.1. The van der Waals surface area contributed by atoms with E-state index in [1.165, 1.54) is 43.4 Å². The van der Waals surface area contributed by atoms with Gasteiger partial charge in [-0.15, -0.1) is 5.10 Å². The van der Waals surface area contributed by atoms with E-state index in [1.807, 2.05) is 0 Å². The van der Waals surface area contributed by atoms with Crippen LogP contribution in [0.15, 0.2) is 0 Å². The summed E-state index contributed by atoms with van der Waals surface area (Å²) in [6.45, 7) is 2.28. The Morgan fingerprint density at radius 2 is 2.47 bits per heavy atom. The van der Waals surface area contributed by atoms with E-state index in [0.29, 0.717) is 6.04 Å². The Morgan fingerprint density at radius 3 is 3.13 bits per heavy atom. The quantitative estimate of drug-likeness (QED) is 0.797. The largest absolute Gasteiger partial charge is 0.357 e. The Labute approximate surface area is 99.3 Å². The molecule has 0 spiro atoms. The second kappa shape index (κ2) is 5.07. The fourth-order valence-electron chi connectivity index (χ4n) is 2.26. The molecule has 84 valence electrons. The van der Waals surface area contributed by atoms with E-state index in [9.17, 15) is 0 Å². The van der Waals surface area contributed by atoms with Gasteiger partial charge in [-0.1, -0.05) is 37.5 Å². The minimum atomic E-state index is 0.595. The van der Waals surface area contributed by atoms with Crippen molar-refractivity contribution >= 4 is 28.7 Å². The zero-order valence-electron chi connectivity index (χ0n) is 8.95. The molecule has 1 aliphatic carbocycles. The molecule has 0 aromatic carbocycles. The average Bonchev–Trinajstić information content (AvgIpc) is 2.64. The summed E-state index contributed by atoms with van der Waals surface area (Å²) in [6, 6.07) is 0.595. The standard InChI is InChI=1S/C10H17N3S2/c1-2-7-4-3-5-8(6-7)11-9-12-13-10(14)15-9/h7-8H,2-6H2,1H3,(H,11,12)(H,13,14). The molecular weight excluding hydrogens is 226 g/mol. The molecule has 2 unspecified atom stereocenters. The van der Waals surface area contributed by atoms with E-state index in [4.69, 9.17) is 12.2 Å². The van der Waals surface area contributed by atoms with Crippen LogP contribution in [-0.2, 0) is 0 Å². The number of hydrogen-bond donors (Lipinski definition) is 2. The van der Waals surface area contributed by atoms with Gasteiger partial charge in [0.25, 0.3) is 0 Å². The van der Waals surface area contributed by atoms with Crippen LogP contribution in [-0.4, -0.2) is 16.2 Å². The molecule has 5 heteroatoms. The first-order chi connectivity index (χ1) is 7.28. The van der Waals surface area contributed by atoms with Gasteiger partial charge in [-0.3, -0.25) is 5.10 Å². The lowest BCUT2D eigenvalue weighted by atomic mass is 9.84. The predicted molar refractivity (Wildman–Crippen MR) is 67.0 cm³/mol. The molecule has 1 saturated carbocycles. The number of anilines is 1. The first kappa shape index (κ1) is 11.1. The SMILES string of the molecule is CCC1CCCC(Nc2n[nH]c(=S)s2)C1. The summed E-state index contributed by atoms with van der Waals surface area (Å²) in [6.07, 6.45) is 6.58. The van der Waals surface area contributed by atoms with E-state index in [-0.39, 0.29) is 0 Å². The van der Waals surface area contributed by atoms with Gasteiger partial charge in [-0.05, 0) is 31.0 Å². The maximum Gasteiger partial charge on any atom is 0.204 e. The smallest absolute Gasteiger partial charge is 0.204 e. The van der Waals surface area contributed by atoms with Crippen LogP contribution < -0.4 is 5.32 Å². The lowest BCUT2D eigenvalue weighted by Gasteiger charge is -2.28. The first-order valence-corrected chi connectivity index (χ1v) is 6.82. The molecule has 1 heterocycles. The molecule has 2 N–H and O–H groups in total. The van der Waals surface area contributed by atoms with Crippen LogP contribution in [0.5, 0.6) is 0 Å². The van der Waals surface area contributed by atoms with Crippen LogP contribution in [0.2, 0.25) is 0 Å². The molecule has 1 fully saturated rings. The Morgan fingerprint density at radius 1 is 1.60 bits per heavy atom. The lowest BCUT2D eigenvalue weighted by molar-refractivity contribution is 0.327. The molecule has 2 atom stereocenters. The summed E-state index contributed by atoms with van der Waals surface area (Å²) in [4.78, 5) is 0. The Bertz CT molecular complexity index is 358. The van der Waals surface area contributed by atoms with Gasteiger partial charge in [0.2, 0.25) is 5.13 Å². The first-order valence-electron chi connectivity index (χ1n) is 5.60.